The molecule has 5 aromatic rings. The molecular formula is C38H38N3O8S2+. The monoisotopic (exact) mass is 728 g/mol. The van der Waals surface area contributed by atoms with Crippen LogP contribution in [0.2, 0.25) is 0 Å². The predicted octanol–water partition coefficient (Wildman–Crippen LogP) is 7.14. The number of nitrogens with zero attached hydrogens (tertiary/aromatic N) is 3. The van der Waals surface area contributed by atoms with Gasteiger partial charge in [-0.05, 0) is 65.3 Å². The Morgan fingerprint density at radius 3 is 2.14 bits per heavy atom. The van der Waals surface area contributed by atoms with Crippen molar-refractivity contribution < 1.29 is 39.4 Å². The Bertz CT molecular complexity index is 2330. The topological polar surface area (TPSA) is 130 Å². The summed E-state index contributed by atoms with van der Waals surface area (Å²) in [5.41, 5.74) is 5.72. The van der Waals surface area contributed by atoms with E-state index in [1.807, 2.05) is 97.9 Å². The maximum Gasteiger partial charge on any atom is 0.375 e. The molecule has 1 saturated heterocycles. The second-order valence-electron chi connectivity index (χ2n) is 12.5. The summed E-state index contributed by atoms with van der Waals surface area (Å²) in [6.45, 7) is 2.97. The lowest BCUT2D eigenvalue weighted by Crippen LogP contribution is -2.39. The van der Waals surface area contributed by atoms with E-state index in [-0.39, 0.29) is 11.8 Å². The summed E-state index contributed by atoms with van der Waals surface area (Å²) in [7, 11) is -8.56. The van der Waals surface area contributed by atoms with Crippen LogP contribution in [0.1, 0.15) is 38.5 Å². The van der Waals surface area contributed by atoms with Crippen LogP contribution in [0.5, 0.6) is 5.75 Å². The molecule has 264 valence electrons. The molecule has 7 rings (SSSR count). The van der Waals surface area contributed by atoms with Gasteiger partial charge in [-0.2, -0.15) is 26.2 Å². The minimum absolute atomic E-state index is 0.177. The Morgan fingerprint density at radius 2 is 1.49 bits per heavy atom. The first-order valence-corrected chi connectivity index (χ1v) is 20.0. The molecule has 0 radical (unpaired) electrons. The molecule has 2 aliphatic rings. The number of hydroxylamine groups is 2. The fourth-order valence-electron chi connectivity index (χ4n) is 6.31. The molecule has 1 aromatic heterocycles. The Kier molecular flexibility index (Phi) is 9.81. The summed E-state index contributed by atoms with van der Waals surface area (Å²) in [5.74, 6) is -0.343. The van der Waals surface area contributed by atoms with E-state index < -0.39 is 32.0 Å². The van der Waals surface area contributed by atoms with Crippen LogP contribution in [-0.2, 0) is 30.4 Å². The molecule has 13 heteroatoms. The van der Waals surface area contributed by atoms with Gasteiger partial charge < -0.3 is 9.15 Å². The van der Waals surface area contributed by atoms with Crippen molar-refractivity contribution in [3.63, 3.8) is 0 Å². The normalized spacial score (nSPS) is 16.5. The highest BCUT2D eigenvalue weighted by Gasteiger charge is 2.33. The molecule has 0 saturated carbocycles. The van der Waals surface area contributed by atoms with Crippen LogP contribution < -0.4 is 14.2 Å². The third-order valence-electron chi connectivity index (χ3n) is 8.81. The maximum atomic E-state index is 13.5. The van der Waals surface area contributed by atoms with Gasteiger partial charge in [-0.3, -0.25) is 9.45 Å². The van der Waals surface area contributed by atoms with Crippen molar-refractivity contribution in [1.82, 2.24) is 5.06 Å². The summed E-state index contributed by atoms with van der Waals surface area (Å²) in [6, 6.07) is 30.5. The molecular weight excluding hydrogens is 691 g/mol. The van der Waals surface area contributed by atoms with Crippen molar-refractivity contribution in [2.24, 2.45) is 0 Å². The van der Waals surface area contributed by atoms with E-state index in [4.69, 9.17) is 13.4 Å². The third kappa shape index (κ3) is 8.08. The average Bonchev–Trinajstić information content (AvgIpc) is 3.63. The highest BCUT2D eigenvalue weighted by Crippen LogP contribution is 2.42. The number of hydrogen-bond donors (Lipinski definition) is 1. The van der Waals surface area contributed by atoms with Crippen molar-refractivity contribution in [1.29, 1.82) is 0 Å². The Morgan fingerprint density at radius 1 is 0.843 bits per heavy atom. The van der Waals surface area contributed by atoms with Gasteiger partial charge in [0.15, 0.2) is 11.6 Å². The van der Waals surface area contributed by atoms with Crippen LogP contribution in [0.25, 0.3) is 39.4 Å². The minimum atomic E-state index is -4.47. The molecule has 0 bridgehead atoms. The zero-order valence-corrected chi connectivity index (χ0v) is 29.6. The lowest BCUT2D eigenvalue weighted by molar-refractivity contribution is -0.658. The number of piperidine rings is 1. The van der Waals surface area contributed by atoms with E-state index in [1.165, 1.54) is 9.63 Å². The van der Waals surface area contributed by atoms with Crippen molar-refractivity contribution in [2.45, 2.75) is 38.5 Å². The Hall–Kier alpha value is -4.79. The third-order valence-corrected chi connectivity index (χ3v) is 10.4. The standard InChI is InChI=1S/C38H37N3O8S2/c1-2-28(22-37-40(26-50(42,43)44)33-24-31(16-18-35(33)47-37)29-12-6-3-7-13-29)23-38-41(27-51(45,46)49-39-20-10-5-11-21-39)34-25-32(17-19-36(34)48-38)30-14-8-4-9-15-30/h3-4,6-9,12-19,22-25H,2,5,10-11,20-21,26-27H2,1H3/p+1. The van der Waals surface area contributed by atoms with Crippen LogP contribution in [0.3, 0.4) is 0 Å². The fraction of sp³-hybridized carbons (Fsp3) is 0.237. The second-order valence-corrected chi connectivity index (χ2v) is 15.5. The number of oxazole rings is 1. The molecule has 0 unspecified atom stereocenters. The Balaban J connectivity index is 1.29. The van der Waals surface area contributed by atoms with Gasteiger partial charge in [0.25, 0.3) is 11.4 Å². The number of hydrogen-bond acceptors (Lipinski definition) is 9. The molecule has 0 atom stereocenters. The lowest BCUT2D eigenvalue weighted by atomic mass is 10.0. The van der Waals surface area contributed by atoms with Crippen LogP contribution >= 0.6 is 0 Å². The van der Waals surface area contributed by atoms with Crippen molar-refractivity contribution in [3.8, 4) is 28.0 Å². The van der Waals surface area contributed by atoms with Crippen LogP contribution in [0.15, 0.2) is 119 Å². The zero-order chi connectivity index (χ0) is 35.6. The van der Waals surface area contributed by atoms with Crippen molar-refractivity contribution in [2.75, 3.05) is 23.9 Å². The van der Waals surface area contributed by atoms with Gasteiger partial charge in [0, 0.05) is 25.2 Å². The van der Waals surface area contributed by atoms with Gasteiger partial charge in [0.1, 0.15) is 0 Å². The summed E-state index contributed by atoms with van der Waals surface area (Å²) < 4.78 is 80.8. The van der Waals surface area contributed by atoms with Crippen LogP contribution in [-0.4, -0.2) is 45.4 Å². The lowest BCUT2D eigenvalue weighted by Gasteiger charge is -2.26. The van der Waals surface area contributed by atoms with Gasteiger partial charge in [0.05, 0.1) is 11.8 Å². The summed E-state index contributed by atoms with van der Waals surface area (Å²) in [4.78, 5) is 1.57. The molecule has 0 amide bonds. The molecule has 0 aliphatic carbocycles. The summed E-state index contributed by atoms with van der Waals surface area (Å²) in [5, 5.41) is 1.50. The quantitative estimate of drug-likeness (QED) is 0.111. The van der Waals surface area contributed by atoms with Gasteiger partial charge >= 0.3 is 26.1 Å². The van der Waals surface area contributed by atoms with E-state index in [0.29, 0.717) is 47.6 Å². The van der Waals surface area contributed by atoms with Gasteiger partial charge in [-0.1, -0.05) is 86.1 Å². The molecule has 1 fully saturated rings. The molecule has 4 aromatic carbocycles. The smallest absolute Gasteiger partial charge is 0.375 e. The highest BCUT2D eigenvalue weighted by molar-refractivity contribution is 7.86. The Labute approximate surface area is 297 Å². The number of benzene rings is 4. The van der Waals surface area contributed by atoms with E-state index in [1.54, 1.807) is 23.1 Å². The predicted molar refractivity (Wildman–Crippen MR) is 195 cm³/mol. The largest absolute Gasteiger partial charge is 0.439 e. The molecule has 0 spiro atoms. The van der Waals surface area contributed by atoms with Crippen molar-refractivity contribution in [3.05, 3.63) is 120 Å². The number of allylic oxidation sites excluding steroid dienone is 2. The van der Waals surface area contributed by atoms with Crippen LogP contribution in [0.4, 0.5) is 5.69 Å². The van der Waals surface area contributed by atoms with E-state index >= 15 is 0 Å². The highest BCUT2D eigenvalue weighted by atomic mass is 32.2. The fourth-order valence-corrected chi connectivity index (χ4v) is 8.00. The average molecular weight is 729 g/mol. The second kappa shape index (κ2) is 14.4. The number of anilines is 1. The molecule has 51 heavy (non-hydrogen) atoms. The van der Waals surface area contributed by atoms with Gasteiger partial charge in [-0.25, -0.2) is 0 Å². The van der Waals surface area contributed by atoms with E-state index in [2.05, 4.69) is 0 Å². The molecule has 1 N–H and O–H groups in total. The number of aromatic nitrogens is 1. The van der Waals surface area contributed by atoms with E-state index in [0.717, 1.165) is 41.5 Å². The summed E-state index contributed by atoms with van der Waals surface area (Å²) in [6.07, 6.45) is 6.56. The zero-order valence-electron chi connectivity index (χ0n) is 28.0. The van der Waals surface area contributed by atoms with Gasteiger partial charge in [0.2, 0.25) is 11.5 Å². The van der Waals surface area contributed by atoms with Gasteiger partial charge in [-0.15, -0.1) is 4.57 Å². The summed E-state index contributed by atoms with van der Waals surface area (Å²) >= 11 is 0. The first-order chi connectivity index (χ1) is 24.5. The molecule has 3 heterocycles. The first-order valence-electron chi connectivity index (χ1n) is 16.8. The van der Waals surface area contributed by atoms with Crippen LogP contribution in [0, 0.1) is 0 Å². The van der Waals surface area contributed by atoms with E-state index in [9.17, 15) is 21.4 Å². The number of ether oxygens (including phenoxy) is 1. The number of rotatable bonds is 11. The number of fused-ring (bicyclic) bond motifs is 2. The molecule has 2 aliphatic heterocycles. The first kappa shape index (κ1) is 34.6. The van der Waals surface area contributed by atoms with Crippen molar-refractivity contribution >= 4 is 43.1 Å². The maximum absolute atomic E-state index is 13.5. The SMILES string of the molecule is CCC(/C=C1\Oc2ccc(-c3ccccc3)cc2N1CS(=O)(=O)ON1CCCCC1)=C\c1oc2ccc(-c3ccccc3)cc2[n+]1CS(=O)(=O)O. The minimum Gasteiger partial charge on any atom is -0.439 e. The molecule has 11 nitrogen and oxygen atoms in total.